The van der Waals surface area contributed by atoms with Crippen molar-refractivity contribution in [1.82, 2.24) is 14.4 Å². The fraction of sp³-hybridized carbons (Fsp3) is 0.333. The number of piperazine rings is 1. The highest BCUT2D eigenvalue weighted by Gasteiger charge is 2.28. The van der Waals surface area contributed by atoms with Gasteiger partial charge in [0.05, 0.1) is 0 Å². The molecule has 6 heteroatoms. The maximum absolute atomic E-state index is 12.9. The monoisotopic (exact) mass is 445 g/mol. The first kappa shape index (κ1) is 22.6. The Bertz CT molecular complexity index is 1060. The molecule has 6 nitrogen and oxygen atoms in total. The van der Waals surface area contributed by atoms with Crippen molar-refractivity contribution in [3.63, 3.8) is 0 Å². The highest BCUT2D eigenvalue weighted by Crippen LogP contribution is 2.20. The van der Waals surface area contributed by atoms with E-state index in [4.69, 9.17) is 4.74 Å². The summed E-state index contributed by atoms with van der Waals surface area (Å²) in [7, 11) is 0. The number of carbonyl (C=O) groups excluding carboxylic acids is 2. The molecule has 1 atom stereocenters. The highest BCUT2D eigenvalue weighted by molar-refractivity contribution is 5.94. The van der Waals surface area contributed by atoms with Gasteiger partial charge in [-0.25, -0.2) is 0 Å². The molecule has 1 aromatic heterocycles. The van der Waals surface area contributed by atoms with Gasteiger partial charge in [0.2, 0.25) is 0 Å². The van der Waals surface area contributed by atoms with Crippen LogP contribution in [0.4, 0.5) is 0 Å². The lowest BCUT2D eigenvalue weighted by atomic mass is 10.0. The van der Waals surface area contributed by atoms with Crippen LogP contribution in [0.5, 0.6) is 5.75 Å². The molecule has 4 rings (SSSR count). The molecule has 33 heavy (non-hydrogen) atoms. The van der Waals surface area contributed by atoms with Gasteiger partial charge in [0.15, 0.2) is 6.10 Å². The molecule has 0 aliphatic carbocycles. The summed E-state index contributed by atoms with van der Waals surface area (Å²) in [5.74, 6) is 1.09. The molecule has 3 aromatic rings. The highest BCUT2D eigenvalue weighted by atomic mass is 16.5. The van der Waals surface area contributed by atoms with Crippen LogP contribution < -0.4 is 4.74 Å². The third-order valence-electron chi connectivity index (χ3n) is 6.10. The predicted octanol–water partition coefficient (Wildman–Crippen LogP) is 4.35. The second-order valence-corrected chi connectivity index (χ2v) is 8.74. The van der Waals surface area contributed by atoms with E-state index in [1.165, 1.54) is 5.56 Å². The lowest BCUT2D eigenvalue weighted by Crippen LogP contribution is -2.53. The normalized spacial score (nSPS) is 14.9. The van der Waals surface area contributed by atoms with Gasteiger partial charge >= 0.3 is 0 Å². The third kappa shape index (κ3) is 5.28. The fourth-order valence-corrected chi connectivity index (χ4v) is 4.04. The Hall–Kier alpha value is -3.54. The molecule has 172 valence electrons. The minimum atomic E-state index is -0.571. The minimum absolute atomic E-state index is 0.00399. The summed E-state index contributed by atoms with van der Waals surface area (Å²) in [6, 6.07) is 19.4. The van der Waals surface area contributed by atoms with Gasteiger partial charge in [-0.1, -0.05) is 26.0 Å². The van der Waals surface area contributed by atoms with Crippen LogP contribution in [0.3, 0.4) is 0 Å². The number of amides is 2. The summed E-state index contributed by atoms with van der Waals surface area (Å²) in [6.07, 6.45) is 3.37. The first-order chi connectivity index (χ1) is 15.9. The molecule has 2 aromatic carbocycles. The summed E-state index contributed by atoms with van der Waals surface area (Å²) in [6.45, 7) is 8.11. The van der Waals surface area contributed by atoms with Gasteiger partial charge in [-0.05, 0) is 66.9 Å². The molecule has 2 heterocycles. The molecular formula is C27H31N3O3. The van der Waals surface area contributed by atoms with Crippen LogP contribution >= 0.6 is 0 Å². The smallest absolute Gasteiger partial charge is 0.263 e. The predicted molar refractivity (Wildman–Crippen MR) is 129 cm³/mol. The number of ether oxygens (including phenoxy) is 1. The summed E-state index contributed by atoms with van der Waals surface area (Å²) < 4.78 is 7.88. The molecule has 1 saturated heterocycles. The summed E-state index contributed by atoms with van der Waals surface area (Å²) in [5.41, 5.74) is 2.91. The van der Waals surface area contributed by atoms with Gasteiger partial charge in [-0.2, -0.15) is 0 Å². The summed E-state index contributed by atoms with van der Waals surface area (Å²) in [5, 5.41) is 0. The van der Waals surface area contributed by atoms with Crippen molar-refractivity contribution in [2.24, 2.45) is 0 Å². The standard InChI is InChI=1S/C27H31N3O3/c1-20(2)22-8-12-25(13-9-22)33-21(3)26(31)29-16-18-30(19-17-29)27(32)23-6-10-24(11-7-23)28-14-4-5-15-28/h4-15,20-21H,16-19H2,1-3H3. The Morgan fingerprint density at radius 1 is 0.788 bits per heavy atom. The number of rotatable bonds is 6. The summed E-state index contributed by atoms with van der Waals surface area (Å²) >= 11 is 0. The SMILES string of the molecule is CC(Oc1ccc(C(C)C)cc1)C(=O)N1CCN(C(=O)c2ccc(-n3cccc3)cc2)CC1. The molecular weight excluding hydrogens is 414 g/mol. The Morgan fingerprint density at radius 2 is 1.36 bits per heavy atom. The molecule has 0 bridgehead atoms. The van der Waals surface area contributed by atoms with Gasteiger partial charge in [-0.3, -0.25) is 9.59 Å². The molecule has 1 fully saturated rings. The van der Waals surface area contributed by atoms with E-state index >= 15 is 0 Å². The van der Waals surface area contributed by atoms with Crippen molar-refractivity contribution < 1.29 is 14.3 Å². The molecule has 0 spiro atoms. The van der Waals surface area contributed by atoms with Crippen LogP contribution in [0.1, 0.15) is 42.6 Å². The molecule has 1 aliphatic heterocycles. The Kier molecular flexibility index (Phi) is 6.82. The lowest BCUT2D eigenvalue weighted by Gasteiger charge is -2.36. The molecule has 0 radical (unpaired) electrons. The van der Waals surface area contributed by atoms with E-state index in [0.717, 1.165) is 5.69 Å². The Balaban J connectivity index is 1.29. The average molecular weight is 446 g/mol. The second kappa shape index (κ2) is 9.94. The quantitative estimate of drug-likeness (QED) is 0.567. The third-order valence-corrected chi connectivity index (χ3v) is 6.10. The van der Waals surface area contributed by atoms with Crippen molar-refractivity contribution >= 4 is 11.8 Å². The molecule has 2 amide bonds. The largest absolute Gasteiger partial charge is 0.481 e. The van der Waals surface area contributed by atoms with E-state index in [0.29, 0.717) is 43.4 Å². The molecule has 0 N–H and O–H groups in total. The second-order valence-electron chi connectivity index (χ2n) is 8.74. The van der Waals surface area contributed by atoms with Crippen LogP contribution in [-0.2, 0) is 4.79 Å². The molecule has 1 unspecified atom stereocenters. The van der Waals surface area contributed by atoms with Crippen LogP contribution in [-0.4, -0.2) is 58.5 Å². The van der Waals surface area contributed by atoms with Gasteiger partial charge < -0.3 is 19.1 Å². The number of aromatic nitrogens is 1. The number of hydrogen-bond donors (Lipinski definition) is 0. The van der Waals surface area contributed by atoms with Crippen LogP contribution in [0.25, 0.3) is 5.69 Å². The Morgan fingerprint density at radius 3 is 1.94 bits per heavy atom. The van der Waals surface area contributed by atoms with E-state index < -0.39 is 6.10 Å². The fourth-order valence-electron chi connectivity index (χ4n) is 4.04. The van der Waals surface area contributed by atoms with Crippen molar-refractivity contribution in [2.75, 3.05) is 26.2 Å². The van der Waals surface area contributed by atoms with Gasteiger partial charge in [0.25, 0.3) is 11.8 Å². The van der Waals surface area contributed by atoms with E-state index in [1.807, 2.05) is 82.5 Å². The van der Waals surface area contributed by atoms with Crippen molar-refractivity contribution in [2.45, 2.75) is 32.8 Å². The summed E-state index contributed by atoms with van der Waals surface area (Å²) in [4.78, 5) is 29.4. The van der Waals surface area contributed by atoms with Crippen molar-refractivity contribution in [1.29, 1.82) is 0 Å². The number of hydrogen-bond acceptors (Lipinski definition) is 3. The van der Waals surface area contributed by atoms with Gasteiger partial charge in [0.1, 0.15) is 5.75 Å². The van der Waals surface area contributed by atoms with E-state index in [1.54, 1.807) is 11.8 Å². The first-order valence-electron chi connectivity index (χ1n) is 11.5. The van der Waals surface area contributed by atoms with Crippen LogP contribution in [0.15, 0.2) is 73.1 Å². The van der Waals surface area contributed by atoms with E-state index in [2.05, 4.69) is 13.8 Å². The van der Waals surface area contributed by atoms with Crippen molar-refractivity contribution in [3.8, 4) is 11.4 Å². The van der Waals surface area contributed by atoms with E-state index in [9.17, 15) is 9.59 Å². The van der Waals surface area contributed by atoms with Crippen molar-refractivity contribution in [3.05, 3.63) is 84.2 Å². The average Bonchev–Trinajstić information content (AvgIpc) is 3.39. The zero-order valence-electron chi connectivity index (χ0n) is 19.5. The number of benzene rings is 2. The Labute approximate surface area is 195 Å². The topological polar surface area (TPSA) is 54.8 Å². The maximum Gasteiger partial charge on any atom is 0.263 e. The van der Waals surface area contributed by atoms with Crippen LogP contribution in [0, 0.1) is 0 Å². The van der Waals surface area contributed by atoms with Gasteiger partial charge in [0, 0.05) is 49.8 Å². The zero-order valence-corrected chi connectivity index (χ0v) is 19.5. The zero-order chi connectivity index (χ0) is 23.4. The van der Waals surface area contributed by atoms with E-state index in [-0.39, 0.29) is 11.8 Å². The number of carbonyl (C=O) groups is 2. The van der Waals surface area contributed by atoms with Gasteiger partial charge in [-0.15, -0.1) is 0 Å². The van der Waals surface area contributed by atoms with Crippen LogP contribution in [0.2, 0.25) is 0 Å². The number of nitrogens with zero attached hydrogens (tertiary/aromatic N) is 3. The maximum atomic E-state index is 12.9. The molecule has 0 saturated carbocycles. The lowest BCUT2D eigenvalue weighted by molar-refractivity contribution is -0.139. The molecule has 1 aliphatic rings. The first-order valence-corrected chi connectivity index (χ1v) is 11.5. The minimum Gasteiger partial charge on any atom is -0.481 e.